The Hall–Kier alpha value is -3.26. The lowest BCUT2D eigenvalue weighted by molar-refractivity contribution is -0.115. The Morgan fingerprint density at radius 1 is 1.13 bits per heavy atom. The summed E-state index contributed by atoms with van der Waals surface area (Å²) >= 11 is 1.18. The van der Waals surface area contributed by atoms with Crippen LogP contribution in [0.3, 0.4) is 0 Å². The summed E-state index contributed by atoms with van der Waals surface area (Å²) in [6, 6.07) is 11.4. The van der Waals surface area contributed by atoms with Gasteiger partial charge in [-0.2, -0.15) is 0 Å². The second-order valence-corrected chi connectivity index (χ2v) is 7.84. The number of nitrogens with zero attached hydrogens (tertiary/aromatic N) is 1. The first-order chi connectivity index (χ1) is 14.4. The Bertz CT molecular complexity index is 1060. The number of halogens is 1. The van der Waals surface area contributed by atoms with E-state index in [4.69, 9.17) is 4.74 Å². The quantitative estimate of drug-likeness (QED) is 0.597. The molecule has 0 radical (unpaired) electrons. The van der Waals surface area contributed by atoms with Crippen LogP contribution in [-0.4, -0.2) is 23.9 Å². The second kappa shape index (κ2) is 9.49. The van der Waals surface area contributed by atoms with Crippen LogP contribution in [0.1, 0.15) is 31.5 Å². The van der Waals surface area contributed by atoms with E-state index < -0.39 is 0 Å². The van der Waals surface area contributed by atoms with E-state index in [1.165, 1.54) is 23.5 Å². The highest BCUT2D eigenvalue weighted by molar-refractivity contribution is 7.13. The normalized spacial score (nSPS) is 10.5. The van der Waals surface area contributed by atoms with Gasteiger partial charge < -0.3 is 15.4 Å². The van der Waals surface area contributed by atoms with E-state index in [0.29, 0.717) is 27.0 Å². The first-order valence-electron chi connectivity index (χ1n) is 9.29. The summed E-state index contributed by atoms with van der Waals surface area (Å²) < 4.78 is 18.3. The molecule has 0 fully saturated rings. The average molecular weight is 428 g/mol. The molecular weight excluding hydrogens is 405 g/mol. The summed E-state index contributed by atoms with van der Waals surface area (Å²) in [5.41, 5.74) is 2.94. The summed E-state index contributed by atoms with van der Waals surface area (Å²) in [5, 5.41) is 6.17. The number of ether oxygens (including phenoxy) is 1. The number of hydrogen-bond acceptors (Lipinski definition) is 5. The fourth-order valence-corrected chi connectivity index (χ4v) is 3.83. The Labute approximate surface area is 178 Å². The third-order valence-electron chi connectivity index (χ3n) is 4.35. The van der Waals surface area contributed by atoms with Crippen molar-refractivity contribution in [1.82, 2.24) is 10.3 Å². The maximum atomic E-state index is 13.0. The van der Waals surface area contributed by atoms with Crippen LogP contribution >= 0.6 is 11.3 Å². The minimum Gasteiger partial charge on any atom is -0.495 e. The minimum absolute atomic E-state index is 0.0494. The van der Waals surface area contributed by atoms with Gasteiger partial charge in [0.25, 0.3) is 5.91 Å². The Kier molecular flexibility index (Phi) is 6.79. The van der Waals surface area contributed by atoms with Crippen LogP contribution in [0.15, 0.2) is 42.5 Å². The van der Waals surface area contributed by atoms with Crippen molar-refractivity contribution < 1.29 is 18.7 Å². The molecule has 0 aliphatic rings. The summed E-state index contributed by atoms with van der Waals surface area (Å²) in [7, 11) is 1.54. The number of hydrogen-bond donors (Lipinski definition) is 2. The summed E-state index contributed by atoms with van der Waals surface area (Å²) in [5.74, 6) is -0.271. The predicted octanol–water partition coefficient (Wildman–Crippen LogP) is 4.02. The van der Waals surface area contributed by atoms with Crippen LogP contribution in [-0.2, 0) is 17.8 Å². The van der Waals surface area contributed by atoms with E-state index in [9.17, 15) is 14.0 Å². The van der Waals surface area contributed by atoms with Crippen molar-refractivity contribution in [3.8, 4) is 5.75 Å². The molecule has 2 amide bonds. The van der Waals surface area contributed by atoms with Gasteiger partial charge in [0, 0.05) is 6.54 Å². The summed E-state index contributed by atoms with van der Waals surface area (Å²) in [4.78, 5) is 29.8. The third kappa shape index (κ3) is 5.42. The van der Waals surface area contributed by atoms with Crippen molar-refractivity contribution in [2.75, 3.05) is 12.4 Å². The van der Waals surface area contributed by atoms with Crippen molar-refractivity contribution in [2.24, 2.45) is 0 Å². The highest BCUT2D eigenvalue weighted by Crippen LogP contribution is 2.26. The van der Waals surface area contributed by atoms with E-state index in [-0.39, 0.29) is 30.6 Å². The number of benzene rings is 2. The number of amides is 2. The highest BCUT2D eigenvalue weighted by Gasteiger charge is 2.17. The van der Waals surface area contributed by atoms with Crippen molar-refractivity contribution in [1.29, 1.82) is 0 Å². The topological polar surface area (TPSA) is 80.3 Å². The molecule has 0 spiro atoms. The molecule has 0 saturated heterocycles. The largest absolute Gasteiger partial charge is 0.495 e. The monoisotopic (exact) mass is 427 g/mol. The van der Waals surface area contributed by atoms with Crippen LogP contribution in [0.4, 0.5) is 10.1 Å². The fraction of sp³-hybridized carbons (Fsp3) is 0.227. The number of carbonyl (C=O) groups excluding carboxylic acids is 2. The molecule has 0 aliphatic heterocycles. The van der Waals surface area contributed by atoms with E-state index in [1.807, 2.05) is 19.1 Å². The Balaban J connectivity index is 1.62. The highest BCUT2D eigenvalue weighted by atomic mass is 32.1. The number of anilines is 1. The molecule has 0 unspecified atom stereocenters. The van der Waals surface area contributed by atoms with Gasteiger partial charge in [-0.15, -0.1) is 11.3 Å². The van der Waals surface area contributed by atoms with Gasteiger partial charge in [0.05, 0.1) is 24.9 Å². The molecular formula is C22H22FN3O3S. The van der Waals surface area contributed by atoms with Crippen LogP contribution in [0, 0.1) is 19.7 Å². The van der Waals surface area contributed by atoms with Crippen molar-refractivity contribution >= 4 is 28.8 Å². The molecule has 30 heavy (non-hydrogen) atoms. The summed E-state index contributed by atoms with van der Waals surface area (Å²) in [6.07, 6.45) is 0.0494. The number of aromatic nitrogens is 1. The van der Waals surface area contributed by atoms with Crippen LogP contribution in [0.5, 0.6) is 5.75 Å². The molecule has 2 N–H and O–H groups in total. The smallest absolute Gasteiger partial charge is 0.263 e. The Morgan fingerprint density at radius 2 is 1.87 bits per heavy atom. The standard InChI is InChI=1S/C22H22FN3O3S/c1-13-4-9-18(29-3)17(10-13)26-19(27)11-20-25-14(2)21(30-20)22(28)24-12-15-5-7-16(23)8-6-15/h4-10H,11-12H2,1-3H3,(H,24,28)(H,26,27). The number of thiazole rings is 1. The number of carbonyl (C=O) groups is 2. The van der Waals surface area contributed by atoms with E-state index in [1.54, 1.807) is 32.2 Å². The lowest BCUT2D eigenvalue weighted by Gasteiger charge is -2.10. The van der Waals surface area contributed by atoms with E-state index in [2.05, 4.69) is 15.6 Å². The van der Waals surface area contributed by atoms with Gasteiger partial charge in [0.2, 0.25) is 5.91 Å². The molecule has 156 valence electrons. The fourth-order valence-electron chi connectivity index (χ4n) is 2.85. The first kappa shape index (κ1) is 21.4. The van der Waals surface area contributed by atoms with Crippen LogP contribution in [0.25, 0.3) is 0 Å². The van der Waals surface area contributed by atoms with Gasteiger partial charge in [0.15, 0.2) is 0 Å². The van der Waals surface area contributed by atoms with E-state index >= 15 is 0 Å². The van der Waals surface area contributed by atoms with Crippen molar-refractivity contribution in [2.45, 2.75) is 26.8 Å². The molecule has 3 rings (SSSR count). The van der Waals surface area contributed by atoms with Gasteiger partial charge in [-0.1, -0.05) is 18.2 Å². The zero-order valence-electron chi connectivity index (χ0n) is 16.9. The van der Waals surface area contributed by atoms with Crippen LogP contribution < -0.4 is 15.4 Å². The number of methoxy groups -OCH3 is 1. The van der Waals surface area contributed by atoms with Crippen molar-refractivity contribution in [3.05, 3.63) is 75.0 Å². The number of rotatable bonds is 7. The third-order valence-corrected chi connectivity index (χ3v) is 5.51. The maximum absolute atomic E-state index is 13.0. The lowest BCUT2D eigenvalue weighted by atomic mass is 10.2. The van der Waals surface area contributed by atoms with Crippen molar-refractivity contribution in [3.63, 3.8) is 0 Å². The number of aryl methyl sites for hydroxylation is 2. The molecule has 1 heterocycles. The van der Waals surface area contributed by atoms with Gasteiger partial charge in [-0.3, -0.25) is 9.59 Å². The van der Waals surface area contributed by atoms with Crippen LogP contribution in [0.2, 0.25) is 0 Å². The molecule has 6 nitrogen and oxygen atoms in total. The molecule has 3 aromatic rings. The van der Waals surface area contributed by atoms with Gasteiger partial charge in [-0.25, -0.2) is 9.37 Å². The zero-order chi connectivity index (χ0) is 21.7. The lowest BCUT2D eigenvalue weighted by Crippen LogP contribution is -2.22. The number of nitrogens with one attached hydrogen (secondary N) is 2. The van der Waals surface area contributed by atoms with Gasteiger partial charge in [-0.05, 0) is 49.2 Å². The molecule has 0 aliphatic carbocycles. The molecule has 8 heteroatoms. The minimum atomic E-state index is -0.324. The Morgan fingerprint density at radius 3 is 2.57 bits per heavy atom. The molecule has 0 bridgehead atoms. The first-order valence-corrected chi connectivity index (χ1v) is 10.1. The zero-order valence-corrected chi connectivity index (χ0v) is 17.7. The average Bonchev–Trinajstić information content (AvgIpc) is 3.07. The predicted molar refractivity (Wildman–Crippen MR) is 114 cm³/mol. The van der Waals surface area contributed by atoms with Gasteiger partial charge in [0.1, 0.15) is 21.5 Å². The van der Waals surface area contributed by atoms with E-state index in [0.717, 1.165) is 11.1 Å². The van der Waals surface area contributed by atoms with Gasteiger partial charge >= 0.3 is 0 Å². The maximum Gasteiger partial charge on any atom is 0.263 e. The molecule has 1 aromatic heterocycles. The molecule has 0 saturated carbocycles. The molecule has 2 aromatic carbocycles. The summed E-state index contributed by atoms with van der Waals surface area (Å²) in [6.45, 7) is 3.93. The second-order valence-electron chi connectivity index (χ2n) is 6.76. The SMILES string of the molecule is COc1ccc(C)cc1NC(=O)Cc1nc(C)c(C(=O)NCc2ccc(F)cc2)s1. The molecule has 0 atom stereocenters.